The van der Waals surface area contributed by atoms with Gasteiger partial charge in [0.15, 0.2) is 9.84 Å². The number of rotatable bonds is 6. The van der Waals surface area contributed by atoms with Gasteiger partial charge in [0.05, 0.1) is 34.5 Å². The molecule has 8 nitrogen and oxygen atoms in total. The molecule has 5 aromatic rings. The fourth-order valence-corrected chi connectivity index (χ4v) is 5.34. The van der Waals surface area contributed by atoms with Crippen molar-refractivity contribution >= 4 is 20.7 Å². The van der Waals surface area contributed by atoms with Gasteiger partial charge in [-0.2, -0.15) is 13.2 Å². The van der Waals surface area contributed by atoms with Crippen LogP contribution in [0.5, 0.6) is 5.75 Å². The summed E-state index contributed by atoms with van der Waals surface area (Å²) in [6.45, 7) is 0. The van der Waals surface area contributed by atoms with E-state index >= 15 is 0 Å². The van der Waals surface area contributed by atoms with E-state index in [0.29, 0.717) is 16.5 Å². The molecular weight excluding hydrogens is 523 g/mol. The molecule has 0 atom stereocenters. The Morgan fingerprint density at radius 2 is 1.79 bits per heavy atom. The van der Waals surface area contributed by atoms with E-state index in [4.69, 9.17) is 9.26 Å². The molecule has 2 aromatic carbocycles. The summed E-state index contributed by atoms with van der Waals surface area (Å²) in [6.07, 6.45) is -1.27. The van der Waals surface area contributed by atoms with Gasteiger partial charge >= 0.3 is 6.18 Å². The lowest BCUT2D eigenvalue weighted by Gasteiger charge is -2.16. The molecule has 0 fully saturated rings. The van der Waals surface area contributed by atoms with Crippen molar-refractivity contribution in [1.29, 1.82) is 0 Å². The van der Waals surface area contributed by atoms with Crippen LogP contribution in [0.25, 0.3) is 27.7 Å². The van der Waals surface area contributed by atoms with Crippen LogP contribution in [0, 0.1) is 0 Å². The molecule has 0 aliphatic heterocycles. The molecule has 0 saturated heterocycles. The van der Waals surface area contributed by atoms with E-state index in [0.717, 1.165) is 12.3 Å². The number of aromatic nitrogens is 3. The molecule has 5 rings (SSSR count). The second-order valence-electron chi connectivity index (χ2n) is 8.32. The highest BCUT2D eigenvalue weighted by Gasteiger charge is 2.31. The smallest absolute Gasteiger partial charge is 0.417 e. The van der Waals surface area contributed by atoms with E-state index in [1.807, 2.05) is 0 Å². The highest BCUT2D eigenvalue weighted by molar-refractivity contribution is 7.90. The van der Waals surface area contributed by atoms with Gasteiger partial charge in [-0.25, -0.2) is 8.42 Å². The van der Waals surface area contributed by atoms with E-state index in [-0.39, 0.29) is 33.3 Å². The molecule has 0 spiro atoms. The van der Waals surface area contributed by atoms with Gasteiger partial charge < -0.3 is 9.26 Å². The average Bonchev–Trinajstić information content (AvgIpc) is 3.40. The maximum absolute atomic E-state index is 13.2. The van der Waals surface area contributed by atoms with Crippen molar-refractivity contribution in [2.24, 2.45) is 0 Å². The molecular formula is C26H18F3N3O5S. The summed E-state index contributed by atoms with van der Waals surface area (Å²) < 4.78 is 77.0. The van der Waals surface area contributed by atoms with Crippen LogP contribution in [0.4, 0.5) is 13.2 Å². The van der Waals surface area contributed by atoms with Crippen LogP contribution in [0.1, 0.15) is 11.3 Å². The minimum atomic E-state index is -4.57. The quantitative estimate of drug-likeness (QED) is 0.297. The standard InChI is InChI=1S/C26H18F3N3O5S/c1-36-24-6-2-16(18-10-19(14-30-13-18)26(27,28)29)12-23(24)32-22-5-4-21(11-17(22)3-7-25(32)33)38(34,35)15-20-8-9-37-31-20/h2-14H,15H2,1H3. The van der Waals surface area contributed by atoms with E-state index in [1.165, 1.54) is 72.7 Å². The molecule has 0 unspecified atom stereocenters. The third-order valence-corrected chi connectivity index (χ3v) is 7.52. The largest absolute Gasteiger partial charge is 0.495 e. The van der Waals surface area contributed by atoms with Gasteiger partial charge in [0.25, 0.3) is 5.56 Å². The number of sulfone groups is 1. The van der Waals surface area contributed by atoms with Crippen molar-refractivity contribution in [3.8, 4) is 22.6 Å². The molecule has 0 aliphatic rings. The van der Waals surface area contributed by atoms with E-state index < -0.39 is 27.1 Å². The van der Waals surface area contributed by atoms with Crippen LogP contribution >= 0.6 is 0 Å². The molecule has 3 heterocycles. The predicted molar refractivity (Wildman–Crippen MR) is 132 cm³/mol. The molecule has 0 radical (unpaired) electrons. The summed E-state index contributed by atoms with van der Waals surface area (Å²) in [6, 6.07) is 14.1. The lowest BCUT2D eigenvalue weighted by molar-refractivity contribution is -0.137. The Bertz CT molecular complexity index is 1810. The maximum Gasteiger partial charge on any atom is 0.417 e. The monoisotopic (exact) mass is 541 g/mol. The Kier molecular flexibility index (Phi) is 6.27. The van der Waals surface area contributed by atoms with E-state index in [1.54, 1.807) is 6.07 Å². The summed E-state index contributed by atoms with van der Waals surface area (Å²) in [7, 11) is -2.37. The Morgan fingerprint density at radius 1 is 0.974 bits per heavy atom. The lowest BCUT2D eigenvalue weighted by atomic mass is 10.0. The van der Waals surface area contributed by atoms with Crippen LogP contribution in [-0.4, -0.2) is 30.2 Å². The molecule has 0 aliphatic carbocycles. The first-order valence-corrected chi connectivity index (χ1v) is 12.7. The van der Waals surface area contributed by atoms with Gasteiger partial charge in [-0.3, -0.25) is 14.3 Å². The van der Waals surface area contributed by atoms with Crippen LogP contribution < -0.4 is 10.3 Å². The number of hydrogen-bond acceptors (Lipinski definition) is 7. The summed E-state index contributed by atoms with van der Waals surface area (Å²) >= 11 is 0. The number of halogens is 3. The molecule has 0 saturated carbocycles. The number of fused-ring (bicyclic) bond motifs is 1. The molecule has 38 heavy (non-hydrogen) atoms. The van der Waals surface area contributed by atoms with Crippen LogP contribution in [-0.2, 0) is 21.8 Å². The zero-order chi connectivity index (χ0) is 27.1. The molecule has 194 valence electrons. The molecule has 0 bridgehead atoms. The Hall–Kier alpha value is -4.45. The van der Waals surface area contributed by atoms with Crippen molar-refractivity contribution in [1.82, 2.24) is 14.7 Å². The summed E-state index contributed by atoms with van der Waals surface area (Å²) in [5, 5.41) is 4.09. The van der Waals surface area contributed by atoms with Crippen molar-refractivity contribution < 1.29 is 30.8 Å². The van der Waals surface area contributed by atoms with Crippen LogP contribution in [0.2, 0.25) is 0 Å². The third-order valence-electron chi connectivity index (χ3n) is 5.87. The zero-order valence-corrected chi connectivity index (χ0v) is 20.5. The Balaban J connectivity index is 1.64. The van der Waals surface area contributed by atoms with Gasteiger partial charge in [-0.1, -0.05) is 11.2 Å². The number of pyridine rings is 2. The van der Waals surface area contributed by atoms with Crippen LogP contribution in [0.3, 0.4) is 0 Å². The SMILES string of the molecule is COc1ccc(-c2cncc(C(F)(F)F)c2)cc1-n1c(=O)ccc2cc(S(=O)(=O)Cc3ccon3)ccc21. The Labute approximate surface area is 213 Å². The fraction of sp³-hybridized carbons (Fsp3) is 0.115. The minimum Gasteiger partial charge on any atom is -0.495 e. The number of methoxy groups -OCH3 is 1. The first-order valence-electron chi connectivity index (χ1n) is 11.1. The van der Waals surface area contributed by atoms with Crippen molar-refractivity contribution in [3.05, 3.63) is 101 Å². The van der Waals surface area contributed by atoms with Gasteiger partial charge in [0.2, 0.25) is 0 Å². The number of ether oxygens (including phenoxy) is 1. The van der Waals surface area contributed by atoms with E-state index in [2.05, 4.69) is 10.1 Å². The van der Waals surface area contributed by atoms with Gasteiger partial charge in [-0.15, -0.1) is 0 Å². The average molecular weight is 542 g/mol. The lowest BCUT2D eigenvalue weighted by Crippen LogP contribution is -2.18. The predicted octanol–water partition coefficient (Wildman–Crippen LogP) is 5.04. The van der Waals surface area contributed by atoms with Crippen molar-refractivity contribution in [3.63, 3.8) is 0 Å². The molecule has 12 heteroatoms. The second-order valence-corrected chi connectivity index (χ2v) is 10.3. The highest BCUT2D eigenvalue weighted by Crippen LogP contribution is 2.34. The number of benzene rings is 2. The molecule has 3 aromatic heterocycles. The normalized spacial score (nSPS) is 12.1. The number of nitrogens with zero attached hydrogens (tertiary/aromatic N) is 3. The van der Waals surface area contributed by atoms with E-state index in [9.17, 15) is 26.4 Å². The van der Waals surface area contributed by atoms with Crippen LogP contribution in [0.15, 0.2) is 93.5 Å². The highest BCUT2D eigenvalue weighted by atomic mass is 32.2. The Morgan fingerprint density at radius 3 is 2.50 bits per heavy atom. The minimum absolute atomic E-state index is 0.0222. The van der Waals surface area contributed by atoms with Gasteiger partial charge in [-0.05, 0) is 48.0 Å². The fourth-order valence-electron chi connectivity index (χ4n) is 4.05. The van der Waals surface area contributed by atoms with Crippen molar-refractivity contribution in [2.75, 3.05) is 7.11 Å². The third kappa shape index (κ3) is 4.77. The number of alkyl halides is 3. The summed E-state index contributed by atoms with van der Waals surface area (Å²) in [5.41, 5.74) is 0.0863. The summed E-state index contributed by atoms with van der Waals surface area (Å²) in [4.78, 5) is 16.8. The first kappa shape index (κ1) is 25.2. The zero-order valence-electron chi connectivity index (χ0n) is 19.6. The van der Waals surface area contributed by atoms with Gasteiger partial charge in [0, 0.05) is 35.5 Å². The first-order chi connectivity index (χ1) is 18.1. The molecule has 0 amide bonds. The van der Waals surface area contributed by atoms with Gasteiger partial charge in [0.1, 0.15) is 17.8 Å². The number of hydrogen-bond donors (Lipinski definition) is 0. The van der Waals surface area contributed by atoms with Crippen molar-refractivity contribution in [2.45, 2.75) is 16.8 Å². The summed E-state index contributed by atoms with van der Waals surface area (Å²) in [5.74, 6) is -0.0822. The topological polar surface area (TPSA) is 104 Å². The molecule has 0 N–H and O–H groups in total. The second kappa shape index (κ2) is 9.45. The maximum atomic E-state index is 13.2.